The summed E-state index contributed by atoms with van der Waals surface area (Å²) in [4.78, 5) is 14.3. The zero-order valence-electron chi connectivity index (χ0n) is 14.9. The number of likely N-dealkylation sites (N-methyl/N-ethyl adjacent to an activating group) is 1. The van der Waals surface area contributed by atoms with Gasteiger partial charge in [-0.2, -0.15) is 0 Å². The van der Waals surface area contributed by atoms with Crippen LogP contribution in [0.25, 0.3) is 0 Å². The Kier molecular flexibility index (Phi) is 8.23. The minimum atomic E-state index is -0.604. The quantitative estimate of drug-likeness (QED) is 0.733. The summed E-state index contributed by atoms with van der Waals surface area (Å²) in [5.74, 6) is 0.316. The molecule has 0 fully saturated rings. The molecule has 3 unspecified atom stereocenters. The number of benzene rings is 1. The number of hydrogen-bond donors (Lipinski definition) is 2. The van der Waals surface area contributed by atoms with Crippen molar-refractivity contribution >= 4 is 11.6 Å². The topological polar surface area (TPSA) is 61.8 Å². The molecule has 0 aliphatic carbocycles. The van der Waals surface area contributed by atoms with Crippen molar-refractivity contribution in [2.45, 2.75) is 45.3 Å². The maximum atomic E-state index is 12.5. The smallest absolute Gasteiger partial charge is 0.241 e. The fourth-order valence-electron chi connectivity index (χ4n) is 2.43. The van der Waals surface area contributed by atoms with Crippen LogP contribution in [0.5, 0.6) is 0 Å². The predicted molar refractivity (Wildman–Crippen MR) is 93.8 cm³/mol. The first-order valence-corrected chi connectivity index (χ1v) is 8.17. The SMILES string of the molecule is CCC(C)c1ccccc1NC(=O)C(C)N(C)CC(O)COC. The first kappa shape index (κ1) is 19.6. The molecule has 0 saturated heterocycles. The Hall–Kier alpha value is -1.43. The number of carbonyl (C=O) groups is 1. The van der Waals surface area contributed by atoms with Gasteiger partial charge < -0.3 is 15.2 Å². The Morgan fingerprint density at radius 3 is 2.61 bits per heavy atom. The molecular weight excluding hydrogens is 292 g/mol. The van der Waals surface area contributed by atoms with Crippen molar-refractivity contribution < 1.29 is 14.6 Å². The minimum Gasteiger partial charge on any atom is -0.389 e. The summed E-state index contributed by atoms with van der Waals surface area (Å²) in [6, 6.07) is 7.57. The molecule has 1 aromatic carbocycles. The average Bonchev–Trinajstić information content (AvgIpc) is 2.53. The maximum absolute atomic E-state index is 12.5. The van der Waals surface area contributed by atoms with Crippen LogP contribution in [0.2, 0.25) is 0 Å². The fraction of sp³-hybridized carbons (Fsp3) is 0.611. The molecule has 23 heavy (non-hydrogen) atoms. The molecule has 0 radical (unpaired) electrons. The van der Waals surface area contributed by atoms with Crippen LogP contribution in [0.4, 0.5) is 5.69 Å². The summed E-state index contributed by atoms with van der Waals surface area (Å²) in [6.45, 7) is 6.77. The van der Waals surface area contributed by atoms with E-state index in [1.807, 2.05) is 37.1 Å². The van der Waals surface area contributed by atoms with E-state index in [0.717, 1.165) is 17.7 Å². The fourth-order valence-corrected chi connectivity index (χ4v) is 2.43. The van der Waals surface area contributed by atoms with Gasteiger partial charge in [0.2, 0.25) is 5.91 Å². The summed E-state index contributed by atoms with van der Waals surface area (Å²) in [6.07, 6.45) is 0.415. The van der Waals surface area contributed by atoms with Crippen molar-refractivity contribution in [2.24, 2.45) is 0 Å². The van der Waals surface area contributed by atoms with E-state index >= 15 is 0 Å². The van der Waals surface area contributed by atoms with E-state index in [1.165, 1.54) is 0 Å². The van der Waals surface area contributed by atoms with Crippen LogP contribution in [0, 0.1) is 0 Å². The average molecular weight is 322 g/mol. The highest BCUT2D eigenvalue weighted by Gasteiger charge is 2.21. The standard InChI is InChI=1S/C18H30N2O3/c1-6-13(2)16-9-7-8-10-17(16)19-18(22)14(3)20(4)11-15(21)12-23-5/h7-10,13-15,21H,6,11-12H2,1-5H3,(H,19,22). The predicted octanol–water partition coefficient (Wildman–Crippen LogP) is 2.47. The number of hydrogen-bond acceptors (Lipinski definition) is 4. The molecule has 0 spiro atoms. The van der Waals surface area contributed by atoms with E-state index in [2.05, 4.69) is 25.2 Å². The Bertz CT molecular complexity index is 493. The Morgan fingerprint density at radius 2 is 2.00 bits per heavy atom. The molecule has 1 amide bonds. The lowest BCUT2D eigenvalue weighted by molar-refractivity contribution is -0.120. The highest BCUT2D eigenvalue weighted by atomic mass is 16.5. The first-order valence-electron chi connectivity index (χ1n) is 8.17. The van der Waals surface area contributed by atoms with E-state index in [1.54, 1.807) is 7.11 Å². The molecule has 2 N–H and O–H groups in total. The normalized spacial score (nSPS) is 15.3. The minimum absolute atomic E-state index is 0.0760. The third-order valence-corrected chi connectivity index (χ3v) is 4.26. The van der Waals surface area contributed by atoms with Gasteiger partial charge in [-0.25, -0.2) is 0 Å². The van der Waals surface area contributed by atoms with Crippen LogP contribution in [-0.4, -0.2) is 55.4 Å². The number of ether oxygens (including phenoxy) is 1. The number of methoxy groups -OCH3 is 1. The lowest BCUT2D eigenvalue weighted by atomic mass is 9.97. The largest absolute Gasteiger partial charge is 0.389 e. The molecule has 0 bridgehead atoms. The lowest BCUT2D eigenvalue weighted by Crippen LogP contribution is -2.44. The van der Waals surface area contributed by atoms with E-state index in [-0.39, 0.29) is 18.6 Å². The molecule has 0 aliphatic rings. The summed E-state index contributed by atoms with van der Waals surface area (Å²) in [5, 5.41) is 12.8. The molecule has 5 heteroatoms. The molecule has 1 aromatic rings. The van der Waals surface area contributed by atoms with Crippen molar-refractivity contribution in [3.8, 4) is 0 Å². The zero-order chi connectivity index (χ0) is 17.4. The van der Waals surface area contributed by atoms with Crippen LogP contribution >= 0.6 is 0 Å². The van der Waals surface area contributed by atoms with Crippen molar-refractivity contribution in [3.05, 3.63) is 29.8 Å². The monoisotopic (exact) mass is 322 g/mol. The van der Waals surface area contributed by atoms with E-state index in [0.29, 0.717) is 12.5 Å². The first-order chi connectivity index (χ1) is 10.9. The Labute approximate surface area is 139 Å². The van der Waals surface area contributed by atoms with Crippen molar-refractivity contribution in [1.29, 1.82) is 0 Å². The van der Waals surface area contributed by atoms with Crippen molar-refractivity contribution in [2.75, 3.05) is 32.6 Å². The number of rotatable bonds is 9. The third kappa shape index (κ3) is 5.94. The highest BCUT2D eigenvalue weighted by Crippen LogP contribution is 2.26. The molecule has 0 aliphatic heterocycles. The summed E-state index contributed by atoms with van der Waals surface area (Å²) in [5.41, 5.74) is 2.02. The summed E-state index contributed by atoms with van der Waals surface area (Å²) < 4.78 is 4.92. The zero-order valence-corrected chi connectivity index (χ0v) is 14.9. The number of para-hydroxylation sites is 1. The number of nitrogens with zero attached hydrogens (tertiary/aromatic N) is 1. The van der Waals surface area contributed by atoms with Crippen LogP contribution in [-0.2, 0) is 9.53 Å². The van der Waals surface area contributed by atoms with Gasteiger partial charge in [0.05, 0.1) is 18.8 Å². The lowest BCUT2D eigenvalue weighted by Gasteiger charge is -2.26. The van der Waals surface area contributed by atoms with E-state index < -0.39 is 6.10 Å². The van der Waals surface area contributed by atoms with Crippen LogP contribution < -0.4 is 5.32 Å². The number of anilines is 1. The van der Waals surface area contributed by atoms with Gasteiger partial charge in [0.25, 0.3) is 0 Å². The van der Waals surface area contributed by atoms with Crippen molar-refractivity contribution in [3.63, 3.8) is 0 Å². The van der Waals surface area contributed by atoms with E-state index in [9.17, 15) is 9.90 Å². The summed E-state index contributed by atoms with van der Waals surface area (Å²) in [7, 11) is 3.37. The molecule has 0 aromatic heterocycles. The molecule has 5 nitrogen and oxygen atoms in total. The van der Waals surface area contributed by atoms with E-state index in [4.69, 9.17) is 4.74 Å². The van der Waals surface area contributed by atoms with Gasteiger partial charge in [-0.15, -0.1) is 0 Å². The second kappa shape index (κ2) is 9.65. The highest BCUT2D eigenvalue weighted by molar-refractivity contribution is 5.95. The van der Waals surface area contributed by atoms with Gasteiger partial charge in [0.15, 0.2) is 0 Å². The van der Waals surface area contributed by atoms with Crippen LogP contribution in [0.15, 0.2) is 24.3 Å². The number of amides is 1. The summed E-state index contributed by atoms with van der Waals surface area (Å²) >= 11 is 0. The molecular formula is C18H30N2O3. The van der Waals surface area contributed by atoms with Crippen LogP contribution in [0.1, 0.15) is 38.7 Å². The second-order valence-corrected chi connectivity index (χ2v) is 6.11. The second-order valence-electron chi connectivity index (χ2n) is 6.11. The maximum Gasteiger partial charge on any atom is 0.241 e. The number of aliphatic hydroxyl groups is 1. The van der Waals surface area contributed by atoms with Crippen molar-refractivity contribution in [1.82, 2.24) is 4.90 Å². The molecule has 0 heterocycles. The van der Waals surface area contributed by atoms with Gasteiger partial charge in [-0.05, 0) is 37.9 Å². The van der Waals surface area contributed by atoms with Gasteiger partial charge >= 0.3 is 0 Å². The molecule has 0 saturated carbocycles. The van der Waals surface area contributed by atoms with Crippen LogP contribution in [0.3, 0.4) is 0 Å². The Morgan fingerprint density at radius 1 is 1.35 bits per heavy atom. The molecule has 130 valence electrons. The van der Waals surface area contributed by atoms with Gasteiger partial charge in [0.1, 0.15) is 0 Å². The van der Waals surface area contributed by atoms with Gasteiger partial charge in [-0.1, -0.05) is 32.0 Å². The van der Waals surface area contributed by atoms with Gasteiger partial charge in [0, 0.05) is 19.3 Å². The molecule has 1 rings (SSSR count). The third-order valence-electron chi connectivity index (χ3n) is 4.26. The Balaban J connectivity index is 2.72. The number of carbonyl (C=O) groups excluding carboxylic acids is 1. The number of nitrogens with one attached hydrogen (secondary N) is 1. The number of aliphatic hydroxyl groups excluding tert-OH is 1. The molecule has 3 atom stereocenters. The van der Waals surface area contributed by atoms with Gasteiger partial charge in [-0.3, -0.25) is 9.69 Å².